The molecule has 7 rings (SSSR count). The van der Waals surface area contributed by atoms with Crippen LogP contribution in [0.25, 0.3) is 60.2 Å². The van der Waals surface area contributed by atoms with Crippen molar-refractivity contribution in [2.75, 3.05) is 0 Å². The van der Waals surface area contributed by atoms with Crippen LogP contribution in [0.5, 0.6) is 0 Å². The molecule has 0 fully saturated rings. The largest absolute Gasteiger partial charge is 0.456 e. The second-order valence-corrected chi connectivity index (χ2v) is 9.03. The zero-order chi connectivity index (χ0) is 22.3. The molecule has 0 amide bonds. The van der Waals surface area contributed by atoms with E-state index in [1.54, 1.807) is 0 Å². The van der Waals surface area contributed by atoms with Gasteiger partial charge in [0.2, 0.25) is 0 Å². The third-order valence-corrected chi connectivity index (χ3v) is 7.17. The standard InChI is InChI=1S/C30H23N2O/c1-18-8-4-7-11-26(18)32-19(2)31(3)30-23-17-29-25(15-22(23)12-13-27(30)32)24-14-20-9-5-6-10-21(20)16-28(24)33-29/h4-17H,1-3H3/q+1. The summed E-state index contributed by atoms with van der Waals surface area (Å²) < 4.78 is 11.0. The van der Waals surface area contributed by atoms with Gasteiger partial charge in [-0.05, 0) is 71.1 Å². The Morgan fingerprint density at radius 3 is 2.12 bits per heavy atom. The van der Waals surface area contributed by atoms with Crippen LogP contribution in [0.4, 0.5) is 0 Å². The van der Waals surface area contributed by atoms with Gasteiger partial charge in [-0.25, -0.2) is 4.57 Å². The minimum Gasteiger partial charge on any atom is -0.456 e. The first-order valence-electron chi connectivity index (χ1n) is 11.3. The minimum absolute atomic E-state index is 0.932. The predicted octanol–water partition coefficient (Wildman–Crippen LogP) is 7.28. The van der Waals surface area contributed by atoms with Gasteiger partial charge < -0.3 is 4.42 Å². The average molecular weight is 428 g/mol. The Hall–Kier alpha value is -4.11. The molecule has 2 heterocycles. The van der Waals surface area contributed by atoms with E-state index in [4.69, 9.17) is 4.42 Å². The molecule has 0 unspecified atom stereocenters. The average Bonchev–Trinajstić information content (AvgIpc) is 3.30. The monoisotopic (exact) mass is 427 g/mol. The fourth-order valence-electron chi connectivity index (χ4n) is 5.39. The number of aromatic nitrogens is 2. The molecule has 33 heavy (non-hydrogen) atoms. The summed E-state index contributed by atoms with van der Waals surface area (Å²) in [5.74, 6) is 1.20. The number of aryl methyl sites for hydroxylation is 2. The van der Waals surface area contributed by atoms with Crippen LogP contribution in [0, 0.1) is 13.8 Å². The molecular weight excluding hydrogens is 404 g/mol. The van der Waals surface area contributed by atoms with Crippen LogP contribution >= 0.6 is 0 Å². The minimum atomic E-state index is 0.932. The number of nitrogens with zero attached hydrogens (tertiary/aromatic N) is 2. The van der Waals surface area contributed by atoms with Crippen molar-refractivity contribution in [1.29, 1.82) is 0 Å². The van der Waals surface area contributed by atoms with E-state index in [9.17, 15) is 0 Å². The molecule has 7 aromatic rings. The number of hydrogen-bond donors (Lipinski definition) is 0. The van der Waals surface area contributed by atoms with E-state index in [1.807, 2.05) is 0 Å². The molecule has 3 nitrogen and oxygen atoms in total. The summed E-state index contributed by atoms with van der Waals surface area (Å²) in [5, 5.41) is 7.21. The zero-order valence-corrected chi connectivity index (χ0v) is 18.9. The SMILES string of the molecule is Cc1ccccc1-n1c(C)[n+](C)c2c3cc4oc5cc6ccccc6cc5c4cc3ccc21. The Balaban J connectivity index is 1.59. The second kappa shape index (κ2) is 6.46. The maximum atomic E-state index is 6.38. The van der Waals surface area contributed by atoms with Gasteiger partial charge in [0.15, 0.2) is 11.0 Å². The molecule has 2 aromatic heterocycles. The summed E-state index contributed by atoms with van der Waals surface area (Å²) in [6.07, 6.45) is 0. The fourth-order valence-corrected chi connectivity index (χ4v) is 5.39. The summed E-state index contributed by atoms with van der Waals surface area (Å²) in [7, 11) is 2.15. The maximum absolute atomic E-state index is 6.38. The molecular formula is C30H23N2O+. The van der Waals surface area contributed by atoms with Gasteiger partial charge in [0, 0.05) is 23.1 Å². The molecule has 0 radical (unpaired) electrons. The molecule has 0 saturated carbocycles. The van der Waals surface area contributed by atoms with Gasteiger partial charge in [-0.1, -0.05) is 42.5 Å². The topological polar surface area (TPSA) is 21.9 Å². The zero-order valence-electron chi connectivity index (χ0n) is 18.9. The van der Waals surface area contributed by atoms with Crippen LogP contribution in [-0.4, -0.2) is 4.57 Å². The van der Waals surface area contributed by atoms with Crippen LogP contribution in [0.2, 0.25) is 0 Å². The number of imidazole rings is 1. The molecule has 3 heteroatoms. The van der Waals surface area contributed by atoms with E-state index < -0.39 is 0 Å². The lowest BCUT2D eigenvalue weighted by Gasteiger charge is -2.03. The molecule has 0 bridgehead atoms. The first kappa shape index (κ1) is 18.5. The number of hydrogen-bond acceptors (Lipinski definition) is 1. The van der Waals surface area contributed by atoms with E-state index in [2.05, 4.69) is 115 Å². The van der Waals surface area contributed by atoms with Crippen LogP contribution in [0.3, 0.4) is 0 Å². The second-order valence-electron chi connectivity index (χ2n) is 9.03. The van der Waals surface area contributed by atoms with Gasteiger partial charge in [0.25, 0.3) is 5.82 Å². The number of fused-ring (bicyclic) bond motifs is 7. The van der Waals surface area contributed by atoms with Crippen molar-refractivity contribution in [3.05, 3.63) is 96.3 Å². The molecule has 0 aliphatic rings. The van der Waals surface area contributed by atoms with Crippen molar-refractivity contribution in [3.8, 4) is 5.69 Å². The number of furan rings is 1. The Labute approximate surface area is 191 Å². The highest BCUT2D eigenvalue weighted by atomic mass is 16.3. The summed E-state index contributed by atoms with van der Waals surface area (Å²) in [6.45, 7) is 4.35. The number of rotatable bonds is 1. The highest BCUT2D eigenvalue weighted by molar-refractivity contribution is 6.16. The highest BCUT2D eigenvalue weighted by Crippen LogP contribution is 2.37. The summed E-state index contributed by atoms with van der Waals surface area (Å²) in [4.78, 5) is 0. The Morgan fingerprint density at radius 1 is 0.667 bits per heavy atom. The first-order valence-corrected chi connectivity index (χ1v) is 11.3. The lowest BCUT2D eigenvalue weighted by molar-refractivity contribution is -0.651. The van der Waals surface area contributed by atoms with Crippen molar-refractivity contribution in [2.24, 2.45) is 7.05 Å². The van der Waals surface area contributed by atoms with E-state index in [0.29, 0.717) is 0 Å². The number of para-hydroxylation sites is 1. The molecule has 5 aromatic carbocycles. The third kappa shape index (κ3) is 2.48. The van der Waals surface area contributed by atoms with E-state index in [-0.39, 0.29) is 0 Å². The quantitative estimate of drug-likeness (QED) is 0.252. The molecule has 0 atom stereocenters. The predicted molar refractivity (Wildman–Crippen MR) is 136 cm³/mol. The van der Waals surface area contributed by atoms with Crippen LogP contribution < -0.4 is 4.57 Å². The van der Waals surface area contributed by atoms with E-state index in [1.165, 1.54) is 60.4 Å². The smallest absolute Gasteiger partial charge is 0.259 e. The van der Waals surface area contributed by atoms with Gasteiger partial charge in [0.05, 0.1) is 7.05 Å². The normalized spacial score (nSPS) is 12.1. The Kier molecular flexibility index (Phi) is 3.61. The summed E-state index contributed by atoms with van der Waals surface area (Å²) in [6, 6.07) is 30.4. The Bertz CT molecular complexity index is 1900. The van der Waals surface area contributed by atoms with Crippen molar-refractivity contribution in [1.82, 2.24) is 4.57 Å². The molecule has 0 spiro atoms. The van der Waals surface area contributed by atoms with Crippen LogP contribution in [0.15, 0.2) is 89.3 Å². The third-order valence-electron chi connectivity index (χ3n) is 7.17. The van der Waals surface area contributed by atoms with Gasteiger partial charge >= 0.3 is 0 Å². The maximum Gasteiger partial charge on any atom is 0.259 e. The van der Waals surface area contributed by atoms with Gasteiger partial charge in [-0.15, -0.1) is 0 Å². The summed E-state index contributed by atoms with van der Waals surface area (Å²) in [5.41, 5.74) is 6.78. The van der Waals surface area contributed by atoms with Crippen molar-refractivity contribution in [2.45, 2.75) is 13.8 Å². The van der Waals surface area contributed by atoms with Gasteiger partial charge in [-0.2, -0.15) is 4.57 Å². The van der Waals surface area contributed by atoms with Crippen molar-refractivity contribution < 1.29 is 8.98 Å². The molecule has 0 N–H and O–H groups in total. The van der Waals surface area contributed by atoms with Crippen LogP contribution in [-0.2, 0) is 7.05 Å². The van der Waals surface area contributed by atoms with E-state index in [0.717, 1.165) is 11.2 Å². The van der Waals surface area contributed by atoms with Crippen molar-refractivity contribution >= 4 is 54.5 Å². The van der Waals surface area contributed by atoms with Crippen molar-refractivity contribution in [3.63, 3.8) is 0 Å². The lowest BCUT2D eigenvalue weighted by Crippen LogP contribution is -2.31. The summed E-state index contributed by atoms with van der Waals surface area (Å²) >= 11 is 0. The fraction of sp³-hybridized carbons (Fsp3) is 0.100. The number of benzene rings is 5. The first-order chi connectivity index (χ1) is 16.1. The molecule has 158 valence electrons. The van der Waals surface area contributed by atoms with Crippen LogP contribution in [0.1, 0.15) is 11.4 Å². The molecule has 0 aliphatic carbocycles. The Morgan fingerprint density at radius 2 is 1.33 bits per heavy atom. The molecule has 0 aliphatic heterocycles. The lowest BCUT2D eigenvalue weighted by atomic mass is 10.0. The van der Waals surface area contributed by atoms with E-state index >= 15 is 0 Å². The highest BCUT2D eigenvalue weighted by Gasteiger charge is 2.24. The van der Waals surface area contributed by atoms with Gasteiger partial charge in [0.1, 0.15) is 16.9 Å². The van der Waals surface area contributed by atoms with Gasteiger partial charge in [-0.3, -0.25) is 0 Å². The molecule has 0 saturated heterocycles.